The Labute approximate surface area is 257 Å². The van der Waals surface area contributed by atoms with Crippen molar-refractivity contribution in [2.45, 2.75) is 71.1 Å². The molecule has 2 aromatic carbocycles. The summed E-state index contributed by atoms with van der Waals surface area (Å²) in [7, 11) is 0. The number of rotatable bonds is 10. The Balaban J connectivity index is 1.34. The van der Waals surface area contributed by atoms with Gasteiger partial charge in [0.25, 0.3) is 0 Å². The molecule has 1 aromatic heterocycles. The zero-order valence-corrected chi connectivity index (χ0v) is 25.7. The van der Waals surface area contributed by atoms with Crippen molar-refractivity contribution in [1.82, 2.24) is 15.1 Å². The predicted octanol–water partition coefficient (Wildman–Crippen LogP) is 7.40. The van der Waals surface area contributed by atoms with Crippen LogP contribution in [0.5, 0.6) is 5.75 Å². The molecule has 0 unspecified atom stereocenters. The molecule has 1 aliphatic rings. The summed E-state index contributed by atoms with van der Waals surface area (Å²) in [5, 5.41) is 11.1. The summed E-state index contributed by atoms with van der Waals surface area (Å²) >= 11 is 7.97. The molecule has 43 heavy (non-hydrogen) atoms. The van der Waals surface area contributed by atoms with Crippen LogP contribution in [0.15, 0.2) is 36.4 Å². The molecule has 8 nitrogen and oxygen atoms in total. The van der Waals surface area contributed by atoms with E-state index in [9.17, 15) is 22.8 Å². The highest BCUT2D eigenvalue weighted by molar-refractivity contribution is 7.17. The van der Waals surface area contributed by atoms with Gasteiger partial charge in [0.05, 0.1) is 17.5 Å². The fraction of sp³-hybridized carbons (Fsp3) is 0.467. The Morgan fingerprint density at radius 2 is 1.81 bits per heavy atom. The lowest BCUT2D eigenvalue weighted by atomic mass is 9.84. The average Bonchev–Trinajstić information content (AvgIpc) is 3.46. The van der Waals surface area contributed by atoms with Gasteiger partial charge in [0, 0.05) is 11.1 Å². The third-order valence-electron chi connectivity index (χ3n) is 7.09. The molecule has 0 atom stereocenters. The lowest BCUT2D eigenvalue weighted by Crippen LogP contribution is -2.34. The molecule has 0 bridgehead atoms. The molecule has 0 spiro atoms. The van der Waals surface area contributed by atoms with Crippen molar-refractivity contribution in [3.8, 4) is 26.9 Å². The zero-order chi connectivity index (χ0) is 31.1. The second-order valence-corrected chi connectivity index (χ2v) is 11.9. The Hall–Kier alpha value is -3.22. The summed E-state index contributed by atoms with van der Waals surface area (Å²) in [5.74, 6) is -2.58. The number of alkyl halides is 3. The van der Waals surface area contributed by atoms with Crippen LogP contribution in [0.2, 0.25) is 5.02 Å². The van der Waals surface area contributed by atoms with Crippen LogP contribution in [0.1, 0.15) is 63.5 Å². The van der Waals surface area contributed by atoms with Crippen LogP contribution in [-0.2, 0) is 25.8 Å². The molecule has 232 valence electrons. The predicted molar refractivity (Wildman–Crippen MR) is 157 cm³/mol. The van der Waals surface area contributed by atoms with Gasteiger partial charge in [-0.05, 0) is 94.4 Å². The third kappa shape index (κ3) is 8.67. The van der Waals surface area contributed by atoms with Crippen molar-refractivity contribution in [1.29, 1.82) is 0 Å². The SMILES string of the molecule is CCc1c(-c2nnc(-c3ccc(OC(C)C)c(Cl)c3)s2)cccc1C1CCN(CCCC(=O)OOC(=O)C(F)(F)F)CC1. The minimum absolute atomic E-state index is 0.0194. The number of halogens is 4. The molecule has 0 N–H and O–H groups in total. The molecule has 0 aliphatic carbocycles. The van der Waals surface area contributed by atoms with Crippen LogP contribution in [0.4, 0.5) is 13.2 Å². The van der Waals surface area contributed by atoms with Crippen molar-refractivity contribution >= 4 is 34.9 Å². The minimum atomic E-state index is -5.22. The maximum absolute atomic E-state index is 12.1. The van der Waals surface area contributed by atoms with Gasteiger partial charge in [-0.25, -0.2) is 19.4 Å². The van der Waals surface area contributed by atoms with Crippen LogP contribution in [0.3, 0.4) is 0 Å². The van der Waals surface area contributed by atoms with E-state index in [1.165, 1.54) is 22.5 Å². The summed E-state index contributed by atoms with van der Waals surface area (Å²) < 4.78 is 42.2. The second kappa shape index (κ2) is 14.5. The molecule has 0 saturated carbocycles. The Bertz CT molecular complexity index is 1420. The van der Waals surface area contributed by atoms with Gasteiger partial charge in [-0.15, -0.1) is 10.2 Å². The number of carbonyl (C=O) groups is 2. The molecule has 4 rings (SSSR count). The summed E-state index contributed by atoms with van der Waals surface area (Å²) in [6.07, 6.45) is -2.28. The summed E-state index contributed by atoms with van der Waals surface area (Å²) in [4.78, 5) is 32.0. The van der Waals surface area contributed by atoms with Crippen molar-refractivity contribution < 1.29 is 37.3 Å². The average molecular weight is 640 g/mol. The van der Waals surface area contributed by atoms with Crippen LogP contribution in [-0.4, -0.2) is 59.0 Å². The first-order valence-electron chi connectivity index (χ1n) is 14.1. The van der Waals surface area contributed by atoms with Crippen molar-refractivity contribution in [2.24, 2.45) is 0 Å². The van der Waals surface area contributed by atoms with E-state index in [-0.39, 0.29) is 12.5 Å². The highest BCUT2D eigenvalue weighted by atomic mass is 35.5. The largest absolute Gasteiger partial charge is 0.495 e. The zero-order valence-electron chi connectivity index (χ0n) is 24.1. The fourth-order valence-corrected chi connectivity index (χ4v) is 6.22. The highest BCUT2D eigenvalue weighted by Gasteiger charge is 2.43. The van der Waals surface area contributed by atoms with E-state index < -0.39 is 18.1 Å². The van der Waals surface area contributed by atoms with E-state index >= 15 is 0 Å². The normalized spacial score (nSPS) is 14.6. The third-order valence-corrected chi connectivity index (χ3v) is 8.39. The first-order valence-corrected chi connectivity index (χ1v) is 15.3. The molecule has 13 heteroatoms. The van der Waals surface area contributed by atoms with Crippen molar-refractivity contribution in [3.05, 3.63) is 52.5 Å². The number of benzene rings is 2. The number of ether oxygens (including phenoxy) is 1. The maximum atomic E-state index is 12.1. The van der Waals surface area contributed by atoms with Crippen LogP contribution in [0, 0.1) is 0 Å². The van der Waals surface area contributed by atoms with E-state index in [1.807, 2.05) is 32.0 Å². The molecule has 1 fully saturated rings. The number of carbonyl (C=O) groups excluding carboxylic acids is 2. The Morgan fingerprint density at radius 3 is 2.47 bits per heavy atom. The van der Waals surface area contributed by atoms with E-state index in [0.29, 0.717) is 29.7 Å². The van der Waals surface area contributed by atoms with Gasteiger partial charge in [0.1, 0.15) is 15.8 Å². The standard InChI is InChI=1S/C30H33ClF3N3O5S/c1-4-21-22(19-12-15-37(16-13-19)14-6-9-26(38)41-42-29(39)30(32,33)34)7-5-8-23(21)28-36-35-27(43-28)20-10-11-25(24(31)17-20)40-18(2)3/h5,7-8,10-11,17-19H,4,6,9,12-16H2,1-3H3. The Kier molecular flexibility index (Phi) is 11.0. The molecule has 2 heterocycles. The smallest absolute Gasteiger partial charge is 0.489 e. The monoisotopic (exact) mass is 639 g/mol. The fourth-order valence-electron chi connectivity index (χ4n) is 5.10. The van der Waals surface area contributed by atoms with Gasteiger partial charge in [-0.1, -0.05) is 48.1 Å². The van der Waals surface area contributed by atoms with Gasteiger partial charge in [-0.2, -0.15) is 13.2 Å². The highest BCUT2D eigenvalue weighted by Crippen LogP contribution is 2.39. The molecule has 3 aromatic rings. The van der Waals surface area contributed by atoms with Gasteiger partial charge in [-0.3, -0.25) is 0 Å². The Morgan fingerprint density at radius 1 is 1.09 bits per heavy atom. The number of hydrogen-bond acceptors (Lipinski definition) is 9. The van der Waals surface area contributed by atoms with Crippen molar-refractivity contribution in [2.75, 3.05) is 19.6 Å². The summed E-state index contributed by atoms with van der Waals surface area (Å²) in [6, 6.07) is 12.0. The number of likely N-dealkylation sites (tertiary alicyclic amines) is 1. The number of hydrogen-bond donors (Lipinski definition) is 0. The molecule has 1 saturated heterocycles. The molecular weight excluding hydrogens is 607 g/mol. The van der Waals surface area contributed by atoms with Gasteiger partial charge in [0.15, 0.2) is 0 Å². The van der Waals surface area contributed by atoms with Crippen LogP contribution in [0.25, 0.3) is 21.1 Å². The van der Waals surface area contributed by atoms with E-state index in [2.05, 4.69) is 50.0 Å². The first kappa shape index (κ1) is 32.7. The topological polar surface area (TPSA) is 90.9 Å². The van der Waals surface area contributed by atoms with Crippen LogP contribution < -0.4 is 4.74 Å². The van der Waals surface area contributed by atoms with E-state index in [1.54, 1.807) is 0 Å². The van der Waals surface area contributed by atoms with Gasteiger partial charge in [0.2, 0.25) is 0 Å². The molecular formula is C30H33ClF3N3O5S. The van der Waals surface area contributed by atoms with Crippen molar-refractivity contribution in [3.63, 3.8) is 0 Å². The van der Waals surface area contributed by atoms with E-state index in [0.717, 1.165) is 53.5 Å². The number of piperidine rings is 1. The molecule has 1 aliphatic heterocycles. The minimum Gasteiger partial charge on any atom is -0.489 e. The first-order chi connectivity index (χ1) is 20.5. The maximum Gasteiger partial charge on any atom is 0.495 e. The summed E-state index contributed by atoms with van der Waals surface area (Å²) in [6.45, 7) is 8.25. The lowest BCUT2D eigenvalue weighted by Gasteiger charge is -2.33. The second-order valence-electron chi connectivity index (χ2n) is 10.5. The van der Waals surface area contributed by atoms with Gasteiger partial charge < -0.3 is 9.64 Å². The van der Waals surface area contributed by atoms with E-state index in [4.69, 9.17) is 16.3 Å². The van der Waals surface area contributed by atoms with Gasteiger partial charge >= 0.3 is 18.1 Å². The molecule has 0 radical (unpaired) electrons. The van der Waals surface area contributed by atoms with Crippen LogP contribution >= 0.6 is 22.9 Å². The number of nitrogens with zero attached hydrogens (tertiary/aromatic N) is 3. The molecule has 0 amide bonds. The lowest BCUT2D eigenvalue weighted by molar-refractivity contribution is -0.285. The summed E-state index contributed by atoms with van der Waals surface area (Å²) in [5.41, 5.74) is 4.49. The number of aromatic nitrogens is 2. The quantitative estimate of drug-likeness (QED) is 0.167.